The van der Waals surface area contributed by atoms with E-state index in [9.17, 15) is 9.59 Å². The van der Waals surface area contributed by atoms with Gasteiger partial charge < -0.3 is 9.47 Å². The van der Waals surface area contributed by atoms with E-state index in [1.807, 2.05) is 30.3 Å². The minimum Gasteiger partial charge on any atom is -0.465 e. The molecule has 1 rings (SSSR count). The van der Waals surface area contributed by atoms with Crippen LogP contribution in [0.5, 0.6) is 0 Å². The fourth-order valence-electron chi connectivity index (χ4n) is 1.52. The van der Waals surface area contributed by atoms with Crippen LogP contribution in [-0.2, 0) is 25.7 Å². The van der Waals surface area contributed by atoms with Gasteiger partial charge in [0, 0.05) is 6.42 Å². The number of hydrogen-bond donors (Lipinski definition) is 0. The van der Waals surface area contributed by atoms with Crippen LogP contribution in [0.2, 0.25) is 0 Å². The molecular weight excluding hydrogens is 268 g/mol. The second-order valence-electron chi connectivity index (χ2n) is 4.43. The van der Waals surface area contributed by atoms with Gasteiger partial charge in [-0.05, 0) is 25.3 Å². The van der Waals surface area contributed by atoms with Gasteiger partial charge in [0.15, 0.2) is 0 Å². The van der Waals surface area contributed by atoms with Gasteiger partial charge in [0.25, 0.3) is 0 Å². The lowest BCUT2D eigenvalue weighted by Gasteiger charge is -2.04. The van der Waals surface area contributed by atoms with Crippen molar-refractivity contribution in [3.63, 3.8) is 0 Å². The maximum atomic E-state index is 11.6. The molecule has 0 radical (unpaired) electrons. The Balaban J connectivity index is 2.23. The van der Waals surface area contributed by atoms with Crippen molar-refractivity contribution in [3.05, 3.63) is 35.9 Å². The summed E-state index contributed by atoms with van der Waals surface area (Å²) in [5.74, 6) is 3.39. The first-order chi connectivity index (χ1) is 10.1. The van der Waals surface area contributed by atoms with Crippen LogP contribution in [0.15, 0.2) is 30.3 Å². The van der Waals surface area contributed by atoms with Gasteiger partial charge in [-0.25, -0.2) is 0 Å². The zero-order valence-electron chi connectivity index (χ0n) is 12.4. The van der Waals surface area contributed by atoms with Gasteiger partial charge in [0.05, 0.1) is 19.8 Å². The van der Waals surface area contributed by atoms with Crippen LogP contribution in [-0.4, -0.2) is 25.0 Å². The molecule has 1 aromatic rings. The topological polar surface area (TPSA) is 52.6 Å². The Labute approximate surface area is 125 Å². The van der Waals surface area contributed by atoms with Gasteiger partial charge in [-0.3, -0.25) is 9.59 Å². The lowest BCUT2D eigenvalue weighted by Crippen LogP contribution is -2.22. The molecule has 4 heteroatoms. The summed E-state index contributed by atoms with van der Waals surface area (Å²) in [6.45, 7) is 4.43. The van der Waals surface area contributed by atoms with E-state index >= 15 is 0 Å². The van der Waals surface area contributed by atoms with E-state index in [1.54, 1.807) is 6.92 Å². The van der Waals surface area contributed by atoms with Crippen LogP contribution in [0.1, 0.15) is 25.8 Å². The summed E-state index contributed by atoms with van der Waals surface area (Å²) in [5, 5.41) is 0. The van der Waals surface area contributed by atoms with Crippen molar-refractivity contribution in [2.75, 3.05) is 13.2 Å². The summed E-state index contributed by atoms with van der Waals surface area (Å²) in [5.41, 5.74) is 1.09. The van der Waals surface area contributed by atoms with Crippen molar-refractivity contribution in [3.8, 4) is 11.8 Å². The molecule has 1 atom stereocenters. The van der Waals surface area contributed by atoms with Gasteiger partial charge in [0.2, 0.25) is 5.78 Å². The minimum absolute atomic E-state index is 0.261. The number of esters is 1. The zero-order valence-corrected chi connectivity index (χ0v) is 12.4. The molecule has 0 saturated heterocycles. The third kappa shape index (κ3) is 6.73. The highest BCUT2D eigenvalue weighted by Crippen LogP contribution is 2.01. The normalized spacial score (nSPS) is 11.1. The van der Waals surface area contributed by atoms with Gasteiger partial charge in [-0.1, -0.05) is 36.3 Å². The summed E-state index contributed by atoms with van der Waals surface area (Å²) >= 11 is 0. The lowest BCUT2D eigenvalue weighted by atomic mass is 10.1. The predicted octanol–water partition coefficient (Wildman–Crippen LogP) is 2.37. The van der Waals surface area contributed by atoms with Crippen molar-refractivity contribution in [2.45, 2.75) is 26.9 Å². The summed E-state index contributed by atoms with van der Waals surface area (Å²) < 4.78 is 10.2. The standard InChI is InChI=1S/C17H20O4/c1-3-21-17(19)14(2)16(18)11-7-8-12-20-13-15-9-5-4-6-10-15/h4-6,9-10,14H,3,8,12-13H2,1-2H3. The van der Waals surface area contributed by atoms with Crippen molar-refractivity contribution in [1.82, 2.24) is 0 Å². The zero-order chi connectivity index (χ0) is 15.5. The van der Waals surface area contributed by atoms with Gasteiger partial charge >= 0.3 is 5.97 Å². The molecule has 0 fully saturated rings. The third-order valence-corrected chi connectivity index (χ3v) is 2.73. The smallest absolute Gasteiger partial charge is 0.317 e. The monoisotopic (exact) mass is 288 g/mol. The lowest BCUT2D eigenvalue weighted by molar-refractivity contribution is -0.149. The Bertz CT molecular complexity index is 511. The highest BCUT2D eigenvalue weighted by atomic mass is 16.5. The molecule has 0 N–H and O–H groups in total. The fourth-order valence-corrected chi connectivity index (χ4v) is 1.52. The molecule has 0 bridgehead atoms. The van der Waals surface area contributed by atoms with Crippen LogP contribution < -0.4 is 0 Å². The summed E-state index contributed by atoms with van der Waals surface area (Å²) in [6.07, 6.45) is 0.452. The van der Waals surface area contributed by atoms with E-state index in [0.717, 1.165) is 5.56 Å². The SMILES string of the molecule is CCOC(=O)C(C)C(=O)C#CCCOCc1ccccc1. The molecule has 1 unspecified atom stereocenters. The van der Waals surface area contributed by atoms with E-state index in [1.165, 1.54) is 6.92 Å². The number of Topliss-reactive ketones (excluding diaryl/α,β-unsaturated/α-hetero) is 1. The fraction of sp³-hybridized carbons (Fsp3) is 0.412. The average Bonchev–Trinajstić information content (AvgIpc) is 2.51. The Morgan fingerprint density at radius 1 is 1.24 bits per heavy atom. The first-order valence-corrected chi connectivity index (χ1v) is 6.96. The molecule has 0 heterocycles. The van der Waals surface area contributed by atoms with Crippen LogP contribution in [0, 0.1) is 17.8 Å². The van der Waals surface area contributed by atoms with Gasteiger partial charge in [-0.2, -0.15) is 0 Å². The molecule has 0 saturated carbocycles. The molecule has 112 valence electrons. The van der Waals surface area contributed by atoms with E-state index in [2.05, 4.69) is 11.8 Å². The number of ketones is 1. The summed E-state index contributed by atoms with van der Waals surface area (Å²) in [7, 11) is 0. The Hall–Kier alpha value is -2.12. The van der Waals surface area contributed by atoms with Crippen molar-refractivity contribution >= 4 is 11.8 Å². The Kier molecular flexibility index (Phi) is 7.85. The van der Waals surface area contributed by atoms with E-state index in [0.29, 0.717) is 19.6 Å². The molecule has 0 spiro atoms. The van der Waals surface area contributed by atoms with Crippen molar-refractivity contribution in [1.29, 1.82) is 0 Å². The van der Waals surface area contributed by atoms with Crippen molar-refractivity contribution in [2.24, 2.45) is 5.92 Å². The maximum Gasteiger partial charge on any atom is 0.317 e. The second-order valence-corrected chi connectivity index (χ2v) is 4.43. The maximum absolute atomic E-state index is 11.6. The number of benzene rings is 1. The highest BCUT2D eigenvalue weighted by molar-refractivity contribution is 6.08. The minimum atomic E-state index is -0.831. The molecular formula is C17H20O4. The van der Waals surface area contributed by atoms with Crippen LogP contribution in [0.25, 0.3) is 0 Å². The van der Waals surface area contributed by atoms with Crippen LogP contribution in [0.3, 0.4) is 0 Å². The summed E-state index contributed by atoms with van der Waals surface area (Å²) in [6, 6.07) is 9.82. The Morgan fingerprint density at radius 2 is 1.95 bits per heavy atom. The Morgan fingerprint density at radius 3 is 2.62 bits per heavy atom. The molecule has 0 amide bonds. The number of hydrogen-bond acceptors (Lipinski definition) is 4. The van der Waals surface area contributed by atoms with E-state index in [4.69, 9.17) is 9.47 Å². The summed E-state index contributed by atoms with van der Waals surface area (Å²) in [4.78, 5) is 22.9. The molecule has 0 aromatic heterocycles. The molecule has 4 nitrogen and oxygen atoms in total. The van der Waals surface area contributed by atoms with Gasteiger partial charge in [0.1, 0.15) is 5.92 Å². The molecule has 21 heavy (non-hydrogen) atoms. The molecule has 0 aliphatic rings. The second kappa shape index (κ2) is 9.73. The van der Waals surface area contributed by atoms with Crippen molar-refractivity contribution < 1.29 is 19.1 Å². The third-order valence-electron chi connectivity index (χ3n) is 2.73. The first kappa shape index (κ1) is 16.9. The molecule has 0 aliphatic carbocycles. The molecule has 1 aromatic carbocycles. The number of rotatable bonds is 7. The number of carbonyl (C=O) groups excluding carboxylic acids is 2. The predicted molar refractivity (Wildman–Crippen MR) is 79.3 cm³/mol. The largest absolute Gasteiger partial charge is 0.465 e. The van der Waals surface area contributed by atoms with E-state index < -0.39 is 17.7 Å². The number of carbonyl (C=O) groups is 2. The van der Waals surface area contributed by atoms with E-state index in [-0.39, 0.29) is 6.61 Å². The number of ether oxygens (including phenoxy) is 2. The van der Waals surface area contributed by atoms with Gasteiger partial charge in [-0.15, -0.1) is 0 Å². The van der Waals surface area contributed by atoms with Crippen LogP contribution >= 0.6 is 0 Å². The van der Waals surface area contributed by atoms with Crippen LogP contribution in [0.4, 0.5) is 0 Å². The quantitative estimate of drug-likeness (QED) is 0.254. The first-order valence-electron chi connectivity index (χ1n) is 6.96. The highest BCUT2D eigenvalue weighted by Gasteiger charge is 2.20. The molecule has 0 aliphatic heterocycles. The average molecular weight is 288 g/mol.